The molecular weight excluding hydrogens is 490 g/mol. The molecule has 2 heterocycles. The Morgan fingerprint density at radius 3 is 2.77 bits per heavy atom. The van der Waals surface area contributed by atoms with Crippen LogP contribution in [0.2, 0.25) is 0 Å². The van der Waals surface area contributed by atoms with E-state index in [0.29, 0.717) is 25.5 Å². The predicted octanol–water partition coefficient (Wildman–Crippen LogP) is 4.11. The minimum atomic E-state index is -0.834. The van der Waals surface area contributed by atoms with Crippen molar-refractivity contribution in [3.8, 4) is 18.2 Å². The number of amides is 1. The third-order valence-electron chi connectivity index (χ3n) is 7.57. The van der Waals surface area contributed by atoms with Gasteiger partial charge in [-0.25, -0.2) is 4.98 Å². The van der Waals surface area contributed by atoms with E-state index in [1.165, 1.54) is 5.56 Å². The number of aliphatic hydroxyl groups is 1. The lowest BCUT2D eigenvalue weighted by molar-refractivity contribution is -0.127. The summed E-state index contributed by atoms with van der Waals surface area (Å²) in [4.78, 5) is 17.3. The number of benzene rings is 1. The predicted molar refractivity (Wildman–Crippen MR) is 152 cm³/mol. The van der Waals surface area contributed by atoms with Gasteiger partial charge in [0.05, 0.1) is 12.1 Å². The SMILES string of the molecule is C#Cc1cccc(CC(NC(=O)COCC)[C@H](O)CN[C@H]2CC3(CCC3)Oc3ncc(CC(C)(C)C)cc32)c1. The van der Waals surface area contributed by atoms with Gasteiger partial charge in [0.1, 0.15) is 12.2 Å². The molecule has 1 aliphatic carbocycles. The third kappa shape index (κ3) is 7.82. The standard InChI is InChI=1S/C32H43N3O4/c1-6-22-10-8-11-23(14-22)16-26(35-29(37)21-38-7-2)28(36)20-33-27-18-32(12-9-13-32)39-30-25(27)15-24(19-34-30)17-31(3,4)5/h1,8,10-11,14-15,19,26-28,33,36H,7,9,12-13,16-18,20-21H2,2-5H3,(H,35,37)/t26?,27-,28+/m0/s1. The molecule has 1 amide bonds. The van der Waals surface area contributed by atoms with Gasteiger partial charge in [-0.3, -0.25) is 4.79 Å². The molecule has 1 spiro atoms. The summed E-state index contributed by atoms with van der Waals surface area (Å²) in [7, 11) is 0. The largest absolute Gasteiger partial charge is 0.471 e. The van der Waals surface area contributed by atoms with Crippen molar-refractivity contribution in [2.75, 3.05) is 19.8 Å². The first-order chi connectivity index (χ1) is 18.6. The molecule has 1 aromatic carbocycles. The van der Waals surface area contributed by atoms with Crippen LogP contribution in [0, 0.1) is 17.8 Å². The molecule has 210 valence electrons. The maximum absolute atomic E-state index is 12.6. The zero-order valence-corrected chi connectivity index (χ0v) is 23.8. The fourth-order valence-corrected chi connectivity index (χ4v) is 5.52. The summed E-state index contributed by atoms with van der Waals surface area (Å²) >= 11 is 0. The molecule has 1 fully saturated rings. The minimum Gasteiger partial charge on any atom is -0.471 e. The van der Waals surface area contributed by atoms with Gasteiger partial charge in [-0.15, -0.1) is 6.42 Å². The molecule has 1 unspecified atom stereocenters. The lowest BCUT2D eigenvalue weighted by atomic mass is 9.73. The van der Waals surface area contributed by atoms with Crippen LogP contribution in [0.3, 0.4) is 0 Å². The first-order valence-corrected chi connectivity index (χ1v) is 14.1. The Kier molecular flexibility index (Phi) is 9.32. The lowest BCUT2D eigenvalue weighted by Gasteiger charge is -2.47. The van der Waals surface area contributed by atoms with E-state index >= 15 is 0 Å². The highest BCUT2D eigenvalue weighted by Crippen LogP contribution is 2.48. The molecular formula is C32H43N3O4. The second-order valence-corrected chi connectivity index (χ2v) is 12.2. The van der Waals surface area contributed by atoms with Gasteiger partial charge in [-0.1, -0.05) is 38.8 Å². The Labute approximate surface area is 233 Å². The molecule has 7 nitrogen and oxygen atoms in total. The van der Waals surface area contributed by atoms with E-state index in [1.807, 2.05) is 37.4 Å². The van der Waals surface area contributed by atoms with Crippen LogP contribution in [0.5, 0.6) is 5.88 Å². The highest BCUT2D eigenvalue weighted by molar-refractivity contribution is 5.77. The van der Waals surface area contributed by atoms with Crippen LogP contribution >= 0.6 is 0 Å². The number of ether oxygens (including phenoxy) is 2. The number of aromatic nitrogens is 1. The molecule has 4 rings (SSSR count). The molecule has 3 N–H and O–H groups in total. The Bertz CT molecular complexity index is 1180. The number of rotatable bonds is 11. The summed E-state index contributed by atoms with van der Waals surface area (Å²) in [5.41, 5.74) is 3.89. The zero-order chi connectivity index (χ0) is 28.0. The zero-order valence-electron chi connectivity index (χ0n) is 23.8. The second-order valence-electron chi connectivity index (χ2n) is 12.2. The fourth-order valence-electron chi connectivity index (χ4n) is 5.52. The molecule has 39 heavy (non-hydrogen) atoms. The molecule has 7 heteroatoms. The van der Waals surface area contributed by atoms with Gasteiger partial charge >= 0.3 is 0 Å². The Balaban J connectivity index is 1.51. The quantitative estimate of drug-likeness (QED) is 0.377. The van der Waals surface area contributed by atoms with E-state index < -0.39 is 12.1 Å². The van der Waals surface area contributed by atoms with Crippen LogP contribution in [0.25, 0.3) is 0 Å². The first-order valence-electron chi connectivity index (χ1n) is 14.1. The highest BCUT2D eigenvalue weighted by atomic mass is 16.5. The van der Waals surface area contributed by atoms with E-state index in [2.05, 4.69) is 43.4 Å². The topological polar surface area (TPSA) is 92.7 Å². The number of carbonyl (C=O) groups excluding carboxylic acids is 1. The van der Waals surface area contributed by atoms with Crippen LogP contribution in [0.4, 0.5) is 0 Å². The number of pyridine rings is 1. The number of terminal acetylenes is 1. The number of fused-ring (bicyclic) bond motifs is 1. The smallest absolute Gasteiger partial charge is 0.246 e. The number of hydrogen-bond acceptors (Lipinski definition) is 6. The Morgan fingerprint density at radius 1 is 1.31 bits per heavy atom. The number of nitrogens with one attached hydrogen (secondary N) is 2. The van der Waals surface area contributed by atoms with Gasteiger partial charge in [0.25, 0.3) is 0 Å². The monoisotopic (exact) mass is 533 g/mol. The van der Waals surface area contributed by atoms with Crippen molar-refractivity contribution < 1.29 is 19.4 Å². The van der Waals surface area contributed by atoms with Crippen molar-refractivity contribution in [3.63, 3.8) is 0 Å². The highest BCUT2D eigenvalue weighted by Gasteiger charge is 2.46. The van der Waals surface area contributed by atoms with Gasteiger partial charge < -0.3 is 25.2 Å². The third-order valence-corrected chi connectivity index (χ3v) is 7.57. The van der Waals surface area contributed by atoms with Gasteiger partial charge in [0.15, 0.2) is 0 Å². The van der Waals surface area contributed by atoms with Crippen LogP contribution in [-0.4, -0.2) is 53.5 Å². The van der Waals surface area contributed by atoms with E-state index in [9.17, 15) is 9.90 Å². The van der Waals surface area contributed by atoms with Crippen LogP contribution in [-0.2, 0) is 22.4 Å². The minimum absolute atomic E-state index is 0.000614. The Hall–Kier alpha value is -2.92. The van der Waals surface area contributed by atoms with Crippen molar-refractivity contribution in [2.45, 2.75) is 90.0 Å². The van der Waals surface area contributed by atoms with Gasteiger partial charge in [-0.2, -0.15) is 0 Å². The molecule has 0 saturated heterocycles. The summed E-state index contributed by atoms with van der Waals surface area (Å²) in [5, 5.41) is 17.9. The van der Waals surface area contributed by atoms with Crippen molar-refractivity contribution in [3.05, 3.63) is 58.8 Å². The molecule has 0 bridgehead atoms. The molecule has 2 aliphatic rings. The average molecular weight is 534 g/mol. The van der Waals surface area contributed by atoms with Crippen molar-refractivity contribution >= 4 is 5.91 Å². The maximum Gasteiger partial charge on any atom is 0.246 e. The maximum atomic E-state index is 12.6. The molecule has 1 aromatic heterocycles. The van der Waals surface area contributed by atoms with E-state index in [1.54, 1.807) is 0 Å². The van der Waals surface area contributed by atoms with Gasteiger partial charge in [-0.05, 0) is 73.8 Å². The summed E-state index contributed by atoms with van der Waals surface area (Å²) in [5.74, 6) is 3.09. The van der Waals surface area contributed by atoms with Crippen molar-refractivity contribution in [1.29, 1.82) is 0 Å². The van der Waals surface area contributed by atoms with Crippen molar-refractivity contribution in [2.24, 2.45) is 5.41 Å². The molecule has 1 aliphatic heterocycles. The summed E-state index contributed by atoms with van der Waals surface area (Å²) in [6, 6.07) is 9.33. The van der Waals surface area contributed by atoms with Crippen LogP contribution in [0.1, 0.15) is 81.7 Å². The molecule has 0 radical (unpaired) electrons. The molecule has 1 saturated carbocycles. The van der Waals surface area contributed by atoms with E-state index in [4.69, 9.17) is 20.9 Å². The number of carbonyl (C=O) groups is 1. The Morgan fingerprint density at radius 2 is 2.10 bits per heavy atom. The average Bonchev–Trinajstić information content (AvgIpc) is 2.88. The van der Waals surface area contributed by atoms with Crippen LogP contribution in [0.15, 0.2) is 36.5 Å². The molecule has 3 atom stereocenters. The van der Waals surface area contributed by atoms with E-state index in [0.717, 1.165) is 48.8 Å². The fraction of sp³-hybridized carbons (Fsp3) is 0.562. The first kappa shape index (κ1) is 29.1. The summed E-state index contributed by atoms with van der Waals surface area (Å²) in [6.07, 6.45) is 12.1. The van der Waals surface area contributed by atoms with E-state index in [-0.39, 0.29) is 29.6 Å². The van der Waals surface area contributed by atoms with Gasteiger partial charge in [0, 0.05) is 42.9 Å². The van der Waals surface area contributed by atoms with Gasteiger partial charge in [0.2, 0.25) is 11.8 Å². The number of aliphatic hydroxyl groups excluding tert-OH is 1. The summed E-state index contributed by atoms with van der Waals surface area (Å²) < 4.78 is 11.7. The number of hydrogen-bond donors (Lipinski definition) is 3. The second kappa shape index (κ2) is 12.5. The lowest BCUT2D eigenvalue weighted by Crippen LogP contribution is -2.52. The van der Waals surface area contributed by atoms with Crippen molar-refractivity contribution in [1.82, 2.24) is 15.6 Å². The molecule has 2 aromatic rings. The summed E-state index contributed by atoms with van der Waals surface area (Å²) in [6.45, 7) is 9.21. The number of nitrogens with zero attached hydrogens (tertiary/aromatic N) is 1. The van der Waals surface area contributed by atoms with Crippen LogP contribution < -0.4 is 15.4 Å². The normalized spacial score (nSPS) is 19.2.